The molecule has 2 aromatic rings. The van der Waals surface area contributed by atoms with Crippen LogP contribution in [0.1, 0.15) is 72.7 Å². The van der Waals surface area contributed by atoms with Gasteiger partial charge in [-0.2, -0.15) is 0 Å². The monoisotopic (exact) mass is 397 g/mol. The van der Waals surface area contributed by atoms with Crippen molar-refractivity contribution in [1.29, 1.82) is 0 Å². The van der Waals surface area contributed by atoms with Gasteiger partial charge in [-0.05, 0) is 76.2 Å². The molecule has 2 fully saturated rings. The summed E-state index contributed by atoms with van der Waals surface area (Å²) < 4.78 is 7.98. The Kier molecular flexibility index (Phi) is 6.44. The molecule has 0 atom stereocenters. The maximum absolute atomic E-state index is 12.6. The molecule has 1 saturated heterocycles. The first-order valence-electron chi connectivity index (χ1n) is 10.9. The topological polar surface area (TPSA) is 81.1 Å². The first-order valence-corrected chi connectivity index (χ1v) is 10.9. The second kappa shape index (κ2) is 9.39. The molecule has 0 unspecified atom stereocenters. The molecule has 1 amide bonds. The lowest BCUT2D eigenvalue weighted by molar-refractivity contribution is 0.0945. The Bertz CT molecular complexity index is 805. The number of carbonyl (C=O) groups is 1. The minimum atomic E-state index is -0.176. The predicted octanol–water partition coefficient (Wildman–Crippen LogP) is 3.15. The summed E-state index contributed by atoms with van der Waals surface area (Å²) in [5.74, 6) is 0.734. The number of hydrogen-bond acceptors (Lipinski definition) is 5. The molecule has 2 heterocycles. The third-order valence-corrected chi connectivity index (χ3v) is 6.03. The summed E-state index contributed by atoms with van der Waals surface area (Å²) in [4.78, 5) is 12.6. The molecule has 1 saturated carbocycles. The van der Waals surface area contributed by atoms with Gasteiger partial charge < -0.3 is 15.4 Å². The number of aromatic nitrogens is 3. The molecule has 0 bridgehead atoms. The molecular weight excluding hydrogens is 366 g/mol. The summed E-state index contributed by atoms with van der Waals surface area (Å²) in [6, 6.07) is 8.33. The highest BCUT2D eigenvalue weighted by atomic mass is 16.5. The van der Waals surface area contributed by atoms with Crippen LogP contribution in [0.4, 0.5) is 0 Å². The summed E-state index contributed by atoms with van der Waals surface area (Å²) in [5.41, 5.74) is 2.30. The number of ether oxygens (including phenoxy) is 1. The van der Waals surface area contributed by atoms with Gasteiger partial charge in [0, 0.05) is 6.54 Å². The number of amides is 1. The fourth-order valence-corrected chi connectivity index (χ4v) is 4.28. The molecule has 4 rings (SSSR count). The molecule has 1 aliphatic carbocycles. The van der Waals surface area contributed by atoms with Gasteiger partial charge in [-0.3, -0.25) is 4.79 Å². The number of benzene rings is 1. The van der Waals surface area contributed by atoms with Crippen molar-refractivity contribution < 1.29 is 9.53 Å². The number of nitrogens with zero attached hydrogens (tertiary/aromatic N) is 3. The highest BCUT2D eigenvalue weighted by Crippen LogP contribution is 2.24. The van der Waals surface area contributed by atoms with Gasteiger partial charge in [0.15, 0.2) is 5.69 Å². The Balaban J connectivity index is 1.30. The predicted molar refractivity (Wildman–Crippen MR) is 111 cm³/mol. The van der Waals surface area contributed by atoms with Crippen LogP contribution in [0, 0.1) is 6.92 Å². The third-order valence-electron chi connectivity index (χ3n) is 6.03. The van der Waals surface area contributed by atoms with E-state index >= 15 is 0 Å². The smallest absolute Gasteiger partial charge is 0.274 e. The van der Waals surface area contributed by atoms with Crippen LogP contribution in [-0.2, 0) is 6.54 Å². The van der Waals surface area contributed by atoms with Gasteiger partial charge >= 0.3 is 0 Å². The van der Waals surface area contributed by atoms with E-state index in [9.17, 15) is 4.79 Å². The molecular formula is C22H31N5O2. The quantitative estimate of drug-likeness (QED) is 0.783. The van der Waals surface area contributed by atoms with Gasteiger partial charge in [-0.1, -0.05) is 23.8 Å². The van der Waals surface area contributed by atoms with E-state index in [1.54, 1.807) is 0 Å². The summed E-state index contributed by atoms with van der Waals surface area (Å²) in [6.45, 7) is 4.34. The van der Waals surface area contributed by atoms with E-state index in [4.69, 9.17) is 4.74 Å². The fraction of sp³-hybridized carbons (Fsp3) is 0.591. The van der Waals surface area contributed by atoms with Crippen molar-refractivity contribution in [3.05, 3.63) is 41.2 Å². The first-order chi connectivity index (χ1) is 14.2. The lowest BCUT2D eigenvalue weighted by Gasteiger charge is -2.23. The molecule has 0 spiro atoms. The van der Waals surface area contributed by atoms with Gasteiger partial charge in [0.05, 0.1) is 17.8 Å². The molecule has 156 valence electrons. The van der Waals surface area contributed by atoms with Crippen molar-refractivity contribution in [3.8, 4) is 5.75 Å². The average Bonchev–Trinajstić information content (AvgIpc) is 3.16. The van der Waals surface area contributed by atoms with E-state index in [-0.39, 0.29) is 5.91 Å². The lowest BCUT2D eigenvalue weighted by Crippen LogP contribution is -2.30. The number of piperidine rings is 1. The highest BCUT2D eigenvalue weighted by Gasteiger charge is 2.22. The van der Waals surface area contributed by atoms with Gasteiger partial charge in [0.1, 0.15) is 5.75 Å². The second-order valence-corrected chi connectivity index (χ2v) is 8.15. The summed E-state index contributed by atoms with van der Waals surface area (Å²) in [5, 5.41) is 14.7. The Labute approximate surface area is 172 Å². The Hall–Kier alpha value is -2.41. The van der Waals surface area contributed by atoms with Gasteiger partial charge in [0.2, 0.25) is 0 Å². The van der Waals surface area contributed by atoms with Crippen LogP contribution in [0.15, 0.2) is 24.3 Å². The molecule has 1 aliphatic heterocycles. The van der Waals surface area contributed by atoms with Gasteiger partial charge in [0.25, 0.3) is 5.91 Å². The summed E-state index contributed by atoms with van der Waals surface area (Å²) in [7, 11) is 0. The molecule has 0 radical (unpaired) electrons. The first kappa shape index (κ1) is 19.9. The van der Waals surface area contributed by atoms with Crippen molar-refractivity contribution in [2.45, 2.75) is 70.6 Å². The van der Waals surface area contributed by atoms with E-state index in [1.807, 2.05) is 35.9 Å². The Morgan fingerprint density at radius 2 is 1.86 bits per heavy atom. The maximum atomic E-state index is 12.6. The zero-order valence-corrected chi connectivity index (χ0v) is 17.2. The number of nitrogens with one attached hydrogen (secondary N) is 2. The highest BCUT2D eigenvalue weighted by molar-refractivity contribution is 5.93. The van der Waals surface area contributed by atoms with E-state index in [1.165, 1.54) is 19.3 Å². The zero-order chi connectivity index (χ0) is 20.1. The van der Waals surface area contributed by atoms with Crippen LogP contribution in [0.2, 0.25) is 0 Å². The van der Waals surface area contributed by atoms with Crippen molar-refractivity contribution in [2.24, 2.45) is 0 Å². The largest absolute Gasteiger partial charge is 0.490 e. The average molecular weight is 398 g/mol. The molecule has 2 N–H and O–H groups in total. The van der Waals surface area contributed by atoms with Gasteiger partial charge in [-0.25, -0.2) is 4.68 Å². The summed E-state index contributed by atoms with van der Waals surface area (Å²) >= 11 is 0. The molecule has 7 heteroatoms. The van der Waals surface area contributed by atoms with Crippen LogP contribution < -0.4 is 15.4 Å². The maximum Gasteiger partial charge on any atom is 0.274 e. The third kappa shape index (κ3) is 4.96. The number of rotatable bonds is 6. The fourth-order valence-electron chi connectivity index (χ4n) is 4.28. The zero-order valence-electron chi connectivity index (χ0n) is 17.2. The van der Waals surface area contributed by atoms with Crippen LogP contribution in [-0.4, -0.2) is 40.1 Å². The van der Waals surface area contributed by atoms with Crippen molar-refractivity contribution in [3.63, 3.8) is 0 Å². The molecule has 29 heavy (non-hydrogen) atoms. The van der Waals surface area contributed by atoms with Gasteiger partial charge in [-0.15, -0.1) is 5.10 Å². The minimum Gasteiger partial charge on any atom is -0.490 e. The standard InChI is InChI=1S/C22H31N5O2/c1-16-21(25-26-27(16)18-11-13-23-14-12-18)22(28)24-15-17-7-9-20(10-8-17)29-19-5-3-2-4-6-19/h7-10,18-19,23H,2-6,11-15H2,1H3,(H,24,28). The lowest BCUT2D eigenvalue weighted by atomic mass is 9.98. The normalized spacial score (nSPS) is 18.5. The second-order valence-electron chi connectivity index (χ2n) is 8.15. The Morgan fingerprint density at radius 1 is 1.14 bits per heavy atom. The molecule has 1 aromatic heterocycles. The summed E-state index contributed by atoms with van der Waals surface area (Å²) in [6.07, 6.45) is 8.52. The van der Waals surface area contributed by atoms with E-state index in [2.05, 4.69) is 20.9 Å². The van der Waals surface area contributed by atoms with Crippen molar-refractivity contribution >= 4 is 5.91 Å². The van der Waals surface area contributed by atoms with Crippen LogP contribution in [0.3, 0.4) is 0 Å². The van der Waals surface area contributed by atoms with E-state index < -0.39 is 0 Å². The Morgan fingerprint density at radius 3 is 2.59 bits per heavy atom. The molecule has 2 aliphatic rings. The van der Waals surface area contributed by atoms with E-state index in [0.29, 0.717) is 24.4 Å². The van der Waals surface area contributed by atoms with E-state index in [0.717, 1.165) is 55.8 Å². The number of carbonyl (C=O) groups excluding carboxylic acids is 1. The van der Waals surface area contributed by atoms with Crippen LogP contribution in [0.25, 0.3) is 0 Å². The van der Waals surface area contributed by atoms with Crippen LogP contribution >= 0.6 is 0 Å². The minimum absolute atomic E-state index is 0.176. The molecule has 7 nitrogen and oxygen atoms in total. The van der Waals surface area contributed by atoms with Crippen LogP contribution in [0.5, 0.6) is 5.75 Å². The number of hydrogen-bond donors (Lipinski definition) is 2. The SMILES string of the molecule is Cc1c(C(=O)NCc2ccc(OC3CCCCC3)cc2)nnn1C1CCNCC1. The van der Waals surface area contributed by atoms with Crippen molar-refractivity contribution in [1.82, 2.24) is 25.6 Å². The molecule has 1 aromatic carbocycles. The van der Waals surface area contributed by atoms with Crippen molar-refractivity contribution in [2.75, 3.05) is 13.1 Å².